The van der Waals surface area contributed by atoms with Crippen LogP contribution >= 0.6 is 0 Å². The van der Waals surface area contributed by atoms with E-state index in [2.05, 4.69) is 15.3 Å². The summed E-state index contributed by atoms with van der Waals surface area (Å²) in [6.07, 6.45) is 0. The van der Waals surface area contributed by atoms with Gasteiger partial charge < -0.3 is 4.74 Å². The average Bonchev–Trinajstić information content (AvgIpc) is 3.18. The number of para-hydroxylation sites is 1. The number of carbonyl (C=O) groups is 1. The number of methoxy groups -OCH3 is 1. The zero-order valence-corrected chi connectivity index (χ0v) is 15.8. The predicted molar refractivity (Wildman–Crippen MR) is 111 cm³/mol. The summed E-state index contributed by atoms with van der Waals surface area (Å²) in [5, 5.41) is 13.2. The lowest BCUT2D eigenvalue weighted by molar-refractivity contribution is 0.0594. The number of hydrogen-bond donors (Lipinski definition) is 0. The molecule has 0 atom stereocenters. The molecule has 0 N–H and O–H groups in total. The summed E-state index contributed by atoms with van der Waals surface area (Å²) in [6, 6.07) is 28.6. The van der Waals surface area contributed by atoms with Crippen molar-refractivity contribution in [1.29, 1.82) is 0 Å². The zero-order chi connectivity index (χ0) is 20.1. The van der Waals surface area contributed by atoms with Gasteiger partial charge in [-0.3, -0.25) is 0 Å². The van der Waals surface area contributed by atoms with E-state index >= 15 is 0 Å². The SMILES string of the molecule is COC(=O)c1nn(-c2ccccc2)c(-c2ccccc2)c1N=Nc1ccccc1. The van der Waals surface area contributed by atoms with Gasteiger partial charge in [-0.2, -0.15) is 10.2 Å². The third kappa shape index (κ3) is 3.82. The number of nitrogens with zero attached hydrogens (tertiary/aromatic N) is 4. The first-order valence-corrected chi connectivity index (χ1v) is 9.07. The molecule has 4 aromatic rings. The predicted octanol–water partition coefficient (Wildman–Crippen LogP) is 5.74. The van der Waals surface area contributed by atoms with Gasteiger partial charge in [-0.25, -0.2) is 9.48 Å². The van der Waals surface area contributed by atoms with Gasteiger partial charge in [0.05, 0.1) is 18.5 Å². The Hall–Kier alpha value is -4.06. The minimum atomic E-state index is -0.570. The number of carbonyl (C=O) groups excluding carboxylic acids is 1. The van der Waals surface area contributed by atoms with Crippen molar-refractivity contribution < 1.29 is 9.53 Å². The molecule has 29 heavy (non-hydrogen) atoms. The largest absolute Gasteiger partial charge is 0.464 e. The van der Waals surface area contributed by atoms with E-state index in [4.69, 9.17) is 4.74 Å². The van der Waals surface area contributed by atoms with Gasteiger partial charge in [0.25, 0.3) is 0 Å². The van der Waals surface area contributed by atoms with Crippen molar-refractivity contribution in [3.63, 3.8) is 0 Å². The molecule has 0 unspecified atom stereocenters. The van der Waals surface area contributed by atoms with E-state index in [1.54, 1.807) is 4.68 Å². The number of ether oxygens (including phenoxy) is 1. The second kappa shape index (κ2) is 8.31. The molecule has 0 saturated heterocycles. The molecule has 0 amide bonds. The van der Waals surface area contributed by atoms with Gasteiger partial charge in [0.1, 0.15) is 11.4 Å². The number of rotatable bonds is 5. The molecule has 1 heterocycles. The quantitative estimate of drug-likeness (QED) is 0.326. The van der Waals surface area contributed by atoms with Crippen molar-refractivity contribution in [1.82, 2.24) is 9.78 Å². The van der Waals surface area contributed by atoms with Gasteiger partial charge in [0, 0.05) is 5.56 Å². The average molecular weight is 382 g/mol. The Labute approximate surface area is 168 Å². The van der Waals surface area contributed by atoms with Crippen LogP contribution in [0, 0.1) is 0 Å². The van der Waals surface area contributed by atoms with Crippen LogP contribution in [-0.2, 0) is 4.74 Å². The summed E-state index contributed by atoms with van der Waals surface area (Å²) >= 11 is 0. The van der Waals surface area contributed by atoms with Crippen LogP contribution in [0.5, 0.6) is 0 Å². The van der Waals surface area contributed by atoms with Crippen molar-refractivity contribution in [3.8, 4) is 16.9 Å². The molecule has 142 valence electrons. The number of azo groups is 1. The summed E-state index contributed by atoms with van der Waals surface area (Å²) < 4.78 is 6.65. The van der Waals surface area contributed by atoms with Gasteiger partial charge in [-0.05, 0) is 24.3 Å². The maximum atomic E-state index is 12.5. The fraction of sp³-hybridized carbons (Fsp3) is 0.0435. The lowest BCUT2D eigenvalue weighted by Crippen LogP contribution is -2.04. The number of esters is 1. The Kier molecular flexibility index (Phi) is 5.25. The molecule has 4 rings (SSSR count). The Balaban J connectivity index is 1.97. The highest BCUT2D eigenvalue weighted by molar-refractivity contribution is 5.97. The smallest absolute Gasteiger partial charge is 0.360 e. The van der Waals surface area contributed by atoms with Crippen molar-refractivity contribution in [2.75, 3.05) is 7.11 Å². The zero-order valence-electron chi connectivity index (χ0n) is 15.8. The molecule has 0 aliphatic rings. The van der Waals surface area contributed by atoms with Crippen LogP contribution in [0.15, 0.2) is 101 Å². The molecule has 6 heteroatoms. The highest BCUT2D eigenvalue weighted by Crippen LogP contribution is 2.37. The first-order valence-electron chi connectivity index (χ1n) is 9.07. The Morgan fingerprint density at radius 3 is 2.03 bits per heavy atom. The molecule has 0 aliphatic heterocycles. The highest BCUT2D eigenvalue weighted by atomic mass is 16.5. The van der Waals surface area contributed by atoms with Crippen LogP contribution in [0.1, 0.15) is 10.5 Å². The fourth-order valence-electron chi connectivity index (χ4n) is 2.95. The second-order valence-electron chi connectivity index (χ2n) is 6.19. The second-order valence-corrected chi connectivity index (χ2v) is 6.19. The molecule has 0 aliphatic carbocycles. The summed E-state index contributed by atoms with van der Waals surface area (Å²) in [5.41, 5.74) is 3.47. The van der Waals surface area contributed by atoms with Crippen LogP contribution in [0.25, 0.3) is 16.9 Å². The number of benzene rings is 3. The Bertz CT molecular complexity index is 1140. The van der Waals surface area contributed by atoms with Gasteiger partial charge in [-0.15, -0.1) is 5.11 Å². The lowest BCUT2D eigenvalue weighted by Gasteiger charge is -2.08. The third-order valence-electron chi connectivity index (χ3n) is 4.31. The van der Waals surface area contributed by atoms with E-state index in [0.717, 1.165) is 11.3 Å². The standard InChI is InChI=1S/C23H18N4O2/c1-29-23(28)21-20(25-24-18-13-7-3-8-14-18)22(17-11-5-2-6-12-17)27(26-21)19-15-9-4-10-16-19/h2-16H,1H3. The normalized spacial score (nSPS) is 10.9. The Morgan fingerprint density at radius 2 is 1.41 bits per heavy atom. The van der Waals surface area contributed by atoms with E-state index < -0.39 is 5.97 Å². The van der Waals surface area contributed by atoms with E-state index in [-0.39, 0.29) is 5.69 Å². The molecule has 0 bridgehead atoms. The molecular weight excluding hydrogens is 364 g/mol. The van der Waals surface area contributed by atoms with Gasteiger partial charge >= 0.3 is 5.97 Å². The number of aromatic nitrogens is 2. The summed E-state index contributed by atoms with van der Waals surface area (Å²) in [7, 11) is 1.32. The molecule has 0 spiro atoms. The molecule has 0 radical (unpaired) electrons. The van der Waals surface area contributed by atoms with Gasteiger partial charge in [-0.1, -0.05) is 66.7 Å². The van der Waals surface area contributed by atoms with Gasteiger partial charge in [0.15, 0.2) is 5.69 Å². The third-order valence-corrected chi connectivity index (χ3v) is 4.31. The molecule has 0 fully saturated rings. The minimum absolute atomic E-state index is 0.106. The minimum Gasteiger partial charge on any atom is -0.464 e. The maximum absolute atomic E-state index is 12.5. The highest BCUT2D eigenvalue weighted by Gasteiger charge is 2.25. The topological polar surface area (TPSA) is 68.8 Å². The summed E-state index contributed by atoms with van der Waals surface area (Å²) in [4.78, 5) is 12.5. The van der Waals surface area contributed by atoms with E-state index in [1.165, 1.54) is 7.11 Å². The van der Waals surface area contributed by atoms with Crippen LogP contribution in [0.4, 0.5) is 11.4 Å². The van der Waals surface area contributed by atoms with Crippen molar-refractivity contribution in [2.45, 2.75) is 0 Å². The fourth-order valence-corrected chi connectivity index (χ4v) is 2.95. The monoisotopic (exact) mass is 382 g/mol. The van der Waals surface area contributed by atoms with Crippen LogP contribution in [0.3, 0.4) is 0 Å². The van der Waals surface area contributed by atoms with Crippen molar-refractivity contribution >= 4 is 17.3 Å². The molecule has 3 aromatic carbocycles. The molecule has 0 saturated carbocycles. The lowest BCUT2D eigenvalue weighted by atomic mass is 10.1. The Morgan fingerprint density at radius 1 is 0.828 bits per heavy atom. The first kappa shape index (κ1) is 18.3. The molecule has 1 aromatic heterocycles. The van der Waals surface area contributed by atoms with Gasteiger partial charge in [0.2, 0.25) is 0 Å². The van der Waals surface area contributed by atoms with E-state index in [0.29, 0.717) is 17.1 Å². The van der Waals surface area contributed by atoms with Crippen molar-refractivity contribution in [3.05, 3.63) is 96.7 Å². The number of hydrogen-bond acceptors (Lipinski definition) is 5. The summed E-state index contributed by atoms with van der Waals surface area (Å²) in [5.74, 6) is -0.570. The van der Waals surface area contributed by atoms with Crippen LogP contribution in [0.2, 0.25) is 0 Å². The molecule has 6 nitrogen and oxygen atoms in total. The van der Waals surface area contributed by atoms with Crippen molar-refractivity contribution in [2.24, 2.45) is 10.2 Å². The van der Waals surface area contributed by atoms with E-state index in [1.807, 2.05) is 91.0 Å². The molecular formula is C23H18N4O2. The summed E-state index contributed by atoms with van der Waals surface area (Å²) in [6.45, 7) is 0. The maximum Gasteiger partial charge on any atom is 0.360 e. The van der Waals surface area contributed by atoms with Crippen LogP contribution in [-0.4, -0.2) is 22.9 Å². The van der Waals surface area contributed by atoms with E-state index in [9.17, 15) is 4.79 Å². The first-order chi connectivity index (χ1) is 14.3. The van der Waals surface area contributed by atoms with Crippen LogP contribution < -0.4 is 0 Å².